The van der Waals surface area contributed by atoms with E-state index in [1.807, 2.05) is 0 Å². The minimum absolute atomic E-state index is 0.297. The van der Waals surface area contributed by atoms with Gasteiger partial charge in [-0.15, -0.1) is 10.2 Å². The first kappa shape index (κ1) is 7.10. The highest BCUT2D eigenvalue weighted by molar-refractivity contribution is 4.82. The fourth-order valence-electron chi connectivity index (χ4n) is 0.598. The monoisotopic (exact) mass is 143 g/mol. The molecule has 1 atom stereocenters. The molecule has 0 radical (unpaired) electrons. The SMILES string of the molecule is NCC[C@@H](O)c1nn[nH]n1. The van der Waals surface area contributed by atoms with Crippen LogP contribution in [0.15, 0.2) is 0 Å². The third-order valence-electron chi connectivity index (χ3n) is 1.10. The summed E-state index contributed by atoms with van der Waals surface area (Å²) in [6, 6.07) is 0. The van der Waals surface area contributed by atoms with Crippen molar-refractivity contribution in [2.24, 2.45) is 5.73 Å². The summed E-state index contributed by atoms with van der Waals surface area (Å²) in [5.74, 6) is 0.297. The minimum Gasteiger partial charge on any atom is -0.385 e. The average Bonchev–Trinajstić information content (AvgIpc) is 2.38. The van der Waals surface area contributed by atoms with Gasteiger partial charge in [0, 0.05) is 0 Å². The second-order valence-corrected chi connectivity index (χ2v) is 1.86. The van der Waals surface area contributed by atoms with Gasteiger partial charge in [0.05, 0.1) is 0 Å². The number of rotatable bonds is 3. The molecule has 0 fully saturated rings. The van der Waals surface area contributed by atoms with Crippen molar-refractivity contribution in [2.75, 3.05) is 6.54 Å². The molecule has 0 unspecified atom stereocenters. The Morgan fingerprint density at radius 2 is 2.50 bits per heavy atom. The van der Waals surface area contributed by atoms with Crippen molar-refractivity contribution in [1.82, 2.24) is 20.6 Å². The van der Waals surface area contributed by atoms with E-state index in [1.165, 1.54) is 0 Å². The molecule has 1 rings (SSSR count). The number of nitrogens with zero attached hydrogens (tertiary/aromatic N) is 3. The van der Waals surface area contributed by atoms with Gasteiger partial charge in [0.25, 0.3) is 0 Å². The smallest absolute Gasteiger partial charge is 0.202 e. The summed E-state index contributed by atoms with van der Waals surface area (Å²) in [6.07, 6.45) is -0.233. The largest absolute Gasteiger partial charge is 0.385 e. The fourth-order valence-corrected chi connectivity index (χ4v) is 0.598. The summed E-state index contributed by atoms with van der Waals surface area (Å²) in [5, 5.41) is 21.8. The molecule has 1 aromatic rings. The van der Waals surface area contributed by atoms with Crippen LogP contribution in [0.3, 0.4) is 0 Å². The van der Waals surface area contributed by atoms with E-state index in [2.05, 4.69) is 20.6 Å². The molecule has 1 heterocycles. The van der Waals surface area contributed by atoms with Crippen LogP contribution in [0.2, 0.25) is 0 Å². The Morgan fingerprint density at radius 3 is 3.00 bits per heavy atom. The Kier molecular flexibility index (Phi) is 2.30. The zero-order valence-corrected chi connectivity index (χ0v) is 5.36. The Balaban J connectivity index is 2.50. The van der Waals surface area contributed by atoms with Gasteiger partial charge in [-0.1, -0.05) is 5.21 Å². The van der Waals surface area contributed by atoms with Gasteiger partial charge < -0.3 is 10.8 Å². The zero-order chi connectivity index (χ0) is 7.40. The summed E-state index contributed by atoms with van der Waals surface area (Å²) in [4.78, 5) is 0. The van der Waals surface area contributed by atoms with Crippen molar-refractivity contribution in [1.29, 1.82) is 0 Å². The van der Waals surface area contributed by atoms with Crippen molar-refractivity contribution in [3.8, 4) is 0 Å². The molecule has 0 aliphatic heterocycles. The van der Waals surface area contributed by atoms with Crippen molar-refractivity contribution < 1.29 is 5.11 Å². The summed E-state index contributed by atoms with van der Waals surface area (Å²) in [7, 11) is 0. The zero-order valence-electron chi connectivity index (χ0n) is 5.36. The van der Waals surface area contributed by atoms with Crippen LogP contribution in [0.25, 0.3) is 0 Å². The number of aliphatic hydroxyl groups is 1. The third kappa shape index (κ3) is 1.49. The van der Waals surface area contributed by atoms with E-state index in [4.69, 9.17) is 10.8 Å². The molecule has 6 heteroatoms. The normalized spacial score (nSPS) is 13.4. The molecule has 0 spiro atoms. The first-order valence-electron chi connectivity index (χ1n) is 2.96. The number of hydrogen-bond acceptors (Lipinski definition) is 5. The van der Waals surface area contributed by atoms with Gasteiger partial charge in [-0.2, -0.15) is 5.21 Å². The van der Waals surface area contributed by atoms with E-state index in [0.29, 0.717) is 18.8 Å². The van der Waals surface area contributed by atoms with Crippen LogP contribution < -0.4 is 5.73 Å². The lowest BCUT2D eigenvalue weighted by Crippen LogP contribution is -2.07. The van der Waals surface area contributed by atoms with Crippen molar-refractivity contribution in [3.05, 3.63) is 5.82 Å². The molecule has 0 amide bonds. The first-order valence-corrected chi connectivity index (χ1v) is 2.96. The number of H-pyrrole nitrogens is 1. The average molecular weight is 143 g/mol. The standard InChI is InChI=1S/C4H9N5O/c5-2-1-3(10)4-6-8-9-7-4/h3,10H,1-2,5H2,(H,6,7,8,9)/t3-/m1/s1. The molecule has 0 aromatic carbocycles. The van der Waals surface area contributed by atoms with Gasteiger partial charge in [0.1, 0.15) is 6.10 Å². The number of hydrogen-bond donors (Lipinski definition) is 3. The van der Waals surface area contributed by atoms with Gasteiger partial charge in [-0.25, -0.2) is 0 Å². The van der Waals surface area contributed by atoms with E-state index in [0.717, 1.165) is 0 Å². The number of aromatic amines is 1. The second-order valence-electron chi connectivity index (χ2n) is 1.86. The van der Waals surface area contributed by atoms with E-state index >= 15 is 0 Å². The van der Waals surface area contributed by atoms with Crippen molar-refractivity contribution in [2.45, 2.75) is 12.5 Å². The van der Waals surface area contributed by atoms with Gasteiger partial charge in [-0.05, 0) is 13.0 Å². The van der Waals surface area contributed by atoms with Crippen LogP contribution in [-0.2, 0) is 0 Å². The predicted octanol–water partition coefficient (Wildman–Crippen LogP) is -1.42. The lowest BCUT2D eigenvalue weighted by atomic mass is 10.2. The molecular formula is C4H9N5O. The van der Waals surface area contributed by atoms with Gasteiger partial charge in [0.2, 0.25) is 5.82 Å². The minimum atomic E-state index is -0.691. The molecular weight excluding hydrogens is 134 g/mol. The molecule has 0 saturated heterocycles. The summed E-state index contributed by atoms with van der Waals surface area (Å²) >= 11 is 0. The quantitative estimate of drug-likeness (QED) is 0.482. The molecule has 56 valence electrons. The van der Waals surface area contributed by atoms with Crippen LogP contribution in [0, 0.1) is 0 Å². The van der Waals surface area contributed by atoms with Gasteiger partial charge in [-0.3, -0.25) is 0 Å². The maximum atomic E-state index is 9.14. The molecule has 0 aliphatic rings. The Morgan fingerprint density at radius 1 is 1.70 bits per heavy atom. The van der Waals surface area contributed by atoms with Crippen LogP contribution >= 0.6 is 0 Å². The van der Waals surface area contributed by atoms with Gasteiger partial charge >= 0.3 is 0 Å². The van der Waals surface area contributed by atoms with Crippen molar-refractivity contribution in [3.63, 3.8) is 0 Å². The maximum absolute atomic E-state index is 9.14. The highest BCUT2D eigenvalue weighted by Crippen LogP contribution is 2.07. The van der Waals surface area contributed by atoms with Gasteiger partial charge in [0.15, 0.2) is 0 Å². The molecule has 0 bridgehead atoms. The molecule has 4 N–H and O–H groups in total. The highest BCUT2D eigenvalue weighted by atomic mass is 16.3. The molecule has 1 aromatic heterocycles. The number of aromatic nitrogens is 4. The van der Waals surface area contributed by atoms with Crippen LogP contribution in [-0.4, -0.2) is 32.3 Å². The topological polar surface area (TPSA) is 101 Å². The van der Waals surface area contributed by atoms with Crippen LogP contribution in [0.5, 0.6) is 0 Å². The van der Waals surface area contributed by atoms with Crippen LogP contribution in [0.4, 0.5) is 0 Å². The number of aliphatic hydroxyl groups excluding tert-OH is 1. The van der Waals surface area contributed by atoms with Crippen molar-refractivity contribution >= 4 is 0 Å². The van der Waals surface area contributed by atoms with Crippen LogP contribution in [0.1, 0.15) is 18.3 Å². The fraction of sp³-hybridized carbons (Fsp3) is 0.750. The Labute approximate surface area is 57.4 Å². The summed E-state index contributed by atoms with van der Waals surface area (Å²) < 4.78 is 0. The summed E-state index contributed by atoms with van der Waals surface area (Å²) in [6.45, 7) is 0.412. The van der Waals surface area contributed by atoms with E-state index in [9.17, 15) is 0 Å². The van der Waals surface area contributed by atoms with E-state index < -0.39 is 6.10 Å². The molecule has 0 aliphatic carbocycles. The number of nitrogens with one attached hydrogen (secondary N) is 1. The highest BCUT2D eigenvalue weighted by Gasteiger charge is 2.09. The predicted molar refractivity (Wildman–Crippen MR) is 32.8 cm³/mol. The first-order chi connectivity index (χ1) is 4.84. The molecule has 6 nitrogen and oxygen atoms in total. The molecule has 0 saturated carbocycles. The summed E-state index contributed by atoms with van der Waals surface area (Å²) in [5.41, 5.74) is 5.19. The Bertz CT molecular complexity index is 174. The lowest BCUT2D eigenvalue weighted by Gasteiger charge is -2.00. The Hall–Kier alpha value is -1.01. The van der Waals surface area contributed by atoms with E-state index in [-0.39, 0.29) is 0 Å². The molecule has 10 heavy (non-hydrogen) atoms. The number of tetrazole rings is 1. The second kappa shape index (κ2) is 3.23. The number of nitrogens with two attached hydrogens (primary N) is 1. The van der Waals surface area contributed by atoms with E-state index in [1.54, 1.807) is 0 Å². The lowest BCUT2D eigenvalue weighted by molar-refractivity contribution is 0.160. The maximum Gasteiger partial charge on any atom is 0.202 e. The third-order valence-corrected chi connectivity index (χ3v) is 1.10.